The molecule has 0 fully saturated rings. The van der Waals surface area contributed by atoms with E-state index < -0.39 is 10.0 Å². The van der Waals surface area contributed by atoms with Crippen LogP contribution in [-0.4, -0.2) is 25.0 Å². The van der Waals surface area contributed by atoms with E-state index in [1.807, 2.05) is 13.8 Å². The van der Waals surface area contributed by atoms with Gasteiger partial charge < -0.3 is 4.74 Å². The topological polar surface area (TPSA) is 81.2 Å². The summed E-state index contributed by atoms with van der Waals surface area (Å²) in [5.41, 5.74) is 0. The molecule has 1 N–H and O–H groups in total. The zero-order valence-corrected chi connectivity index (χ0v) is 15.8. The number of hydrogen-bond acceptors (Lipinski definition) is 5. The molecule has 1 aromatic heterocycles. The van der Waals surface area contributed by atoms with E-state index in [-0.39, 0.29) is 37.7 Å². The maximum absolute atomic E-state index is 12.5. The minimum Gasteiger partial charge on any atom is -0.475 e. The van der Waals surface area contributed by atoms with Gasteiger partial charge in [0.2, 0.25) is 5.82 Å². The summed E-state index contributed by atoms with van der Waals surface area (Å²) in [5.74, 6) is 0.103. The van der Waals surface area contributed by atoms with Crippen molar-refractivity contribution in [1.29, 1.82) is 0 Å². The lowest BCUT2D eigenvalue weighted by Gasteiger charge is -2.14. The molecule has 6 nitrogen and oxygen atoms in total. The summed E-state index contributed by atoms with van der Waals surface area (Å²) in [5, 5.41) is 0.119. The first kappa shape index (κ1) is 19.1. The molecule has 0 saturated carbocycles. The van der Waals surface area contributed by atoms with Crippen LogP contribution < -0.4 is 9.46 Å². The molecule has 0 amide bonds. The van der Waals surface area contributed by atoms with Gasteiger partial charge in [0.05, 0.1) is 22.8 Å². The van der Waals surface area contributed by atoms with Gasteiger partial charge in [-0.2, -0.15) is 4.98 Å². The highest BCUT2D eigenvalue weighted by atomic mass is 35.5. The second kappa shape index (κ2) is 7.74. The molecule has 0 aliphatic carbocycles. The van der Waals surface area contributed by atoms with Crippen LogP contribution in [0.25, 0.3) is 0 Å². The summed E-state index contributed by atoms with van der Waals surface area (Å²) >= 11 is 17.6. The van der Waals surface area contributed by atoms with Crippen molar-refractivity contribution >= 4 is 50.6 Å². The first-order valence-corrected chi connectivity index (χ1v) is 9.44. The summed E-state index contributed by atoms with van der Waals surface area (Å²) in [6.45, 7) is 4.20. The Bertz CT molecular complexity index is 844. The highest BCUT2D eigenvalue weighted by Gasteiger charge is 2.23. The van der Waals surface area contributed by atoms with Gasteiger partial charge in [-0.15, -0.1) is 0 Å². The predicted molar refractivity (Wildman–Crippen MR) is 94.6 cm³/mol. The summed E-state index contributed by atoms with van der Waals surface area (Å²) in [6, 6.07) is 4.29. The predicted octanol–water partition coefficient (Wildman–Crippen LogP) is 4.27. The summed E-state index contributed by atoms with van der Waals surface area (Å²) < 4.78 is 32.8. The lowest BCUT2D eigenvalue weighted by atomic mass is 10.2. The highest BCUT2D eigenvalue weighted by molar-refractivity contribution is 7.92. The molecule has 0 saturated heterocycles. The number of aromatic nitrogens is 2. The summed E-state index contributed by atoms with van der Waals surface area (Å²) in [4.78, 5) is 7.71. The van der Waals surface area contributed by atoms with E-state index in [4.69, 9.17) is 39.5 Å². The van der Waals surface area contributed by atoms with Crippen molar-refractivity contribution in [3.63, 3.8) is 0 Å². The quantitative estimate of drug-likeness (QED) is 0.769. The molecule has 24 heavy (non-hydrogen) atoms. The molecule has 0 unspecified atom stereocenters. The average molecular weight is 411 g/mol. The minimum atomic E-state index is -4.03. The molecule has 0 spiro atoms. The van der Waals surface area contributed by atoms with E-state index in [0.717, 1.165) is 0 Å². The van der Waals surface area contributed by atoms with Crippen LogP contribution in [0.5, 0.6) is 5.88 Å². The average Bonchev–Trinajstić information content (AvgIpc) is 2.49. The molecule has 0 radical (unpaired) electrons. The Kier molecular flexibility index (Phi) is 6.14. The van der Waals surface area contributed by atoms with Crippen LogP contribution in [0.4, 0.5) is 5.82 Å². The monoisotopic (exact) mass is 409 g/mol. The van der Waals surface area contributed by atoms with Crippen molar-refractivity contribution in [3.05, 3.63) is 39.6 Å². The normalized spacial score (nSPS) is 11.6. The zero-order chi connectivity index (χ0) is 17.9. The third kappa shape index (κ3) is 4.63. The Morgan fingerprint density at radius 3 is 2.62 bits per heavy atom. The molecule has 10 heteroatoms. The van der Waals surface area contributed by atoms with Crippen molar-refractivity contribution in [2.24, 2.45) is 5.92 Å². The van der Waals surface area contributed by atoms with Crippen LogP contribution in [0.3, 0.4) is 0 Å². The molecule has 2 rings (SSSR count). The maximum Gasteiger partial charge on any atom is 0.264 e. The first-order chi connectivity index (χ1) is 11.2. The van der Waals surface area contributed by atoms with Crippen molar-refractivity contribution in [1.82, 2.24) is 9.97 Å². The number of rotatable bonds is 6. The Morgan fingerprint density at radius 2 is 1.96 bits per heavy atom. The van der Waals surface area contributed by atoms with E-state index in [9.17, 15) is 8.42 Å². The Labute approximate surface area is 155 Å². The number of ether oxygens (including phenoxy) is 1. The van der Waals surface area contributed by atoms with Crippen LogP contribution in [0.15, 0.2) is 29.3 Å². The van der Waals surface area contributed by atoms with Crippen LogP contribution in [0, 0.1) is 5.92 Å². The van der Waals surface area contributed by atoms with E-state index in [2.05, 4.69) is 14.7 Å². The summed E-state index contributed by atoms with van der Waals surface area (Å²) in [7, 11) is -4.03. The Hall–Kier alpha value is -1.28. The number of anilines is 1. The SMILES string of the molecule is CC(C)COc1nc(Cl)cnc1NS(=O)(=O)c1cccc(Cl)c1Cl. The van der Waals surface area contributed by atoms with Crippen LogP contribution >= 0.6 is 34.8 Å². The van der Waals surface area contributed by atoms with Gasteiger partial charge in [-0.3, -0.25) is 4.72 Å². The standard InChI is InChI=1S/C14H14Cl3N3O3S/c1-8(2)7-23-14-13(18-6-11(16)19-14)20-24(21,22)10-5-3-4-9(15)12(10)17/h3-6,8H,7H2,1-2H3,(H,18,20). The number of benzene rings is 1. The molecule has 2 aromatic rings. The van der Waals surface area contributed by atoms with Crippen molar-refractivity contribution in [2.45, 2.75) is 18.7 Å². The van der Waals surface area contributed by atoms with E-state index in [0.29, 0.717) is 6.61 Å². The van der Waals surface area contributed by atoms with Gasteiger partial charge in [0, 0.05) is 0 Å². The van der Waals surface area contributed by atoms with E-state index in [1.165, 1.54) is 24.4 Å². The molecule has 0 atom stereocenters. The first-order valence-electron chi connectivity index (χ1n) is 6.83. The van der Waals surface area contributed by atoms with Gasteiger partial charge in [-0.25, -0.2) is 13.4 Å². The fourth-order valence-corrected chi connectivity index (χ4v) is 3.54. The van der Waals surface area contributed by atoms with Gasteiger partial charge in [0.25, 0.3) is 15.9 Å². The molecule has 1 heterocycles. The van der Waals surface area contributed by atoms with Gasteiger partial charge in [-0.1, -0.05) is 54.7 Å². The summed E-state index contributed by atoms with van der Waals surface area (Å²) in [6.07, 6.45) is 1.21. The van der Waals surface area contributed by atoms with Crippen LogP contribution in [0.1, 0.15) is 13.8 Å². The van der Waals surface area contributed by atoms with E-state index in [1.54, 1.807) is 0 Å². The van der Waals surface area contributed by atoms with E-state index >= 15 is 0 Å². The lowest BCUT2D eigenvalue weighted by Crippen LogP contribution is -2.17. The van der Waals surface area contributed by atoms with Crippen LogP contribution in [0.2, 0.25) is 15.2 Å². The number of nitrogens with zero attached hydrogens (tertiary/aromatic N) is 2. The van der Waals surface area contributed by atoms with Gasteiger partial charge in [-0.05, 0) is 18.1 Å². The van der Waals surface area contributed by atoms with Gasteiger partial charge in [0.1, 0.15) is 4.90 Å². The van der Waals surface area contributed by atoms with Crippen molar-refractivity contribution in [2.75, 3.05) is 11.3 Å². The number of sulfonamides is 1. The fraction of sp³-hybridized carbons (Fsp3) is 0.286. The highest BCUT2D eigenvalue weighted by Crippen LogP contribution is 2.31. The van der Waals surface area contributed by atoms with Crippen molar-refractivity contribution < 1.29 is 13.2 Å². The molecular formula is C14H14Cl3N3O3S. The van der Waals surface area contributed by atoms with Gasteiger partial charge >= 0.3 is 0 Å². The second-order valence-corrected chi connectivity index (χ2v) is 8.03. The van der Waals surface area contributed by atoms with Gasteiger partial charge in [0.15, 0.2) is 5.15 Å². The second-order valence-electron chi connectivity index (χ2n) is 5.21. The lowest BCUT2D eigenvalue weighted by molar-refractivity contribution is 0.262. The molecule has 0 aliphatic rings. The molecular weight excluding hydrogens is 397 g/mol. The largest absolute Gasteiger partial charge is 0.475 e. The molecule has 0 aliphatic heterocycles. The molecule has 0 bridgehead atoms. The smallest absolute Gasteiger partial charge is 0.264 e. The molecule has 130 valence electrons. The number of nitrogens with one attached hydrogen (secondary N) is 1. The number of halogens is 3. The van der Waals surface area contributed by atoms with Crippen molar-refractivity contribution in [3.8, 4) is 5.88 Å². The zero-order valence-electron chi connectivity index (χ0n) is 12.8. The van der Waals surface area contributed by atoms with Crippen LogP contribution in [-0.2, 0) is 10.0 Å². The number of hydrogen-bond donors (Lipinski definition) is 1. The molecule has 1 aromatic carbocycles. The minimum absolute atomic E-state index is 0.0158. The third-order valence-electron chi connectivity index (χ3n) is 2.70. The maximum atomic E-state index is 12.5. The third-order valence-corrected chi connectivity index (χ3v) is 5.20. The Morgan fingerprint density at radius 1 is 1.25 bits per heavy atom. The fourth-order valence-electron chi connectivity index (χ4n) is 1.64. The Balaban J connectivity index is 2.37.